The van der Waals surface area contributed by atoms with E-state index >= 15 is 4.39 Å². The molecule has 16 nitrogen and oxygen atoms in total. The number of piperidine rings is 3. The molecular formula is C45H46FN9O7. The molecular weight excluding hydrogens is 798 g/mol. The summed E-state index contributed by atoms with van der Waals surface area (Å²) in [6.45, 7) is 4.69. The van der Waals surface area contributed by atoms with Gasteiger partial charge in [0, 0.05) is 73.6 Å². The zero-order valence-electron chi connectivity index (χ0n) is 34.2. The third-order valence-electron chi connectivity index (χ3n) is 13.5. The molecule has 0 saturated carbocycles. The first-order valence-corrected chi connectivity index (χ1v) is 21.2. The summed E-state index contributed by atoms with van der Waals surface area (Å²) in [7, 11) is 1.59. The Morgan fingerprint density at radius 1 is 0.903 bits per heavy atom. The summed E-state index contributed by atoms with van der Waals surface area (Å²) in [5.41, 5.74) is 4.29. The van der Waals surface area contributed by atoms with Crippen LogP contribution in [0.3, 0.4) is 0 Å². The van der Waals surface area contributed by atoms with Crippen LogP contribution in [0.2, 0.25) is 0 Å². The van der Waals surface area contributed by atoms with Gasteiger partial charge in [-0.1, -0.05) is 18.2 Å². The third-order valence-corrected chi connectivity index (χ3v) is 13.5. The molecule has 62 heavy (non-hydrogen) atoms. The molecule has 7 aliphatic heterocycles. The van der Waals surface area contributed by atoms with Crippen LogP contribution in [0.25, 0.3) is 0 Å². The molecule has 3 unspecified atom stereocenters. The third kappa shape index (κ3) is 7.03. The van der Waals surface area contributed by atoms with Crippen molar-refractivity contribution in [3.8, 4) is 5.75 Å². The topological polar surface area (TPSA) is 181 Å². The Labute approximate surface area is 356 Å². The van der Waals surface area contributed by atoms with E-state index in [1.807, 2.05) is 53.4 Å². The van der Waals surface area contributed by atoms with Crippen LogP contribution < -0.4 is 25.2 Å². The predicted octanol–water partition coefficient (Wildman–Crippen LogP) is 3.48. The Kier molecular flexibility index (Phi) is 10.00. The van der Waals surface area contributed by atoms with Gasteiger partial charge in [0.2, 0.25) is 17.7 Å². The van der Waals surface area contributed by atoms with Crippen LogP contribution >= 0.6 is 0 Å². The number of halogens is 1. The fourth-order valence-electron chi connectivity index (χ4n) is 10.1. The molecule has 0 aliphatic carbocycles. The van der Waals surface area contributed by atoms with E-state index in [0.717, 1.165) is 72.4 Å². The molecule has 17 heteroatoms. The van der Waals surface area contributed by atoms with Crippen LogP contribution in [-0.4, -0.2) is 118 Å². The molecule has 7 aliphatic rings. The van der Waals surface area contributed by atoms with Crippen LogP contribution in [0.4, 0.5) is 21.6 Å². The van der Waals surface area contributed by atoms with Crippen molar-refractivity contribution in [3.05, 3.63) is 100.0 Å². The number of hydrogen-bond acceptors (Lipinski definition) is 11. The lowest BCUT2D eigenvalue weighted by Gasteiger charge is -2.58. The zero-order chi connectivity index (χ0) is 42.8. The van der Waals surface area contributed by atoms with Crippen LogP contribution in [-0.2, 0) is 33.9 Å². The summed E-state index contributed by atoms with van der Waals surface area (Å²) in [5.74, 6) is -1.80. The largest absolute Gasteiger partial charge is 0.496 e. The molecule has 6 amide bonds. The molecule has 0 radical (unpaired) electrons. The van der Waals surface area contributed by atoms with Gasteiger partial charge in [0.1, 0.15) is 17.6 Å². The van der Waals surface area contributed by atoms with E-state index in [0.29, 0.717) is 49.2 Å². The molecule has 3 aromatic carbocycles. The van der Waals surface area contributed by atoms with Gasteiger partial charge < -0.3 is 24.8 Å². The number of aromatic amines is 1. The zero-order valence-corrected chi connectivity index (χ0v) is 34.2. The number of imide groups is 2. The van der Waals surface area contributed by atoms with Crippen molar-refractivity contribution in [1.82, 2.24) is 30.2 Å². The quantitative estimate of drug-likeness (QED) is 0.199. The number of para-hydroxylation sites is 1. The van der Waals surface area contributed by atoms with E-state index < -0.39 is 35.5 Å². The predicted molar refractivity (Wildman–Crippen MR) is 223 cm³/mol. The number of hydrogen-bond donors (Lipinski definition) is 3. The maximum Gasteiger partial charge on any atom is 0.262 e. The molecule has 3 atom stereocenters. The first-order valence-electron chi connectivity index (χ1n) is 21.2. The van der Waals surface area contributed by atoms with Crippen molar-refractivity contribution in [2.24, 2.45) is 5.92 Å². The average Bonchev–Trinajstić information content (AvgIpc) is 3.95. The average molecular weight is 844 g/mol. The highest BCUT2D eigenvalue weighted by atomic mass is 19.1. The van der Waals surface area contributed by atoms with Crippen LogP contribution in [0.15, 0.2) is 60.7 Å². The number of nitrogens with zero attached hydrogens (tertiary/aromatic N) is 6. The number of methoxy groups -OCH3 is 1. The van der Waals surface area contributed by atoms with Crippen molar-refractivity contribution >= 4 is 52.6 Å². The molecule has 3 N–H and O–H groups in total. The number of H-pyrrole nitrogens is 1. The van der Waals surface area contributed by atoms with E-state index in [2.05, 4.69) is 30.6 Å². The van der Waals surface area contributed by atoms with Gasteiger partial charge in [-0.3, -0.25) is 49.0 Å². The maximum atomic E-state index is 15.6. The van der Waals surface area contributed by atoms with Crippen molar-refractivity contribution in [1.29, 1.82) is 0 Å². The SMILES string of the molecule is COc1ccccc1CC(=O)N1Cc2[nH]nc(NC(=O)c3ccc(N4CCC(CN5C6CC5CN(c5cc7c(cc5F)C(=O)N(C5CCC(=O)NC5=O)C7=O)C6)CC4)cc3)c2C1. The first kappa shape index (κ1) is 39.5. The number of piperazine rings is 1. The summed E-state index contributed by atoms with van der Waals surface area (Å²) in [6.07, 6.45) is 3.32. The number of nitrogens with one attached hydrogen (secondary N) is 3. The van der Waals surface area contributed by atoms with E-state index in [1.54, 1.807) is 12.0 Å². The Bertz CT molecular complexity index is 2510. The second kappa shape index (κ2) is 15.7. The fourth-order valence-corrected chi connectivity index (χ4v) is 10.1. The molecule has 4 aromatic rings. The minimum absolute atomic E-state index is 0.0155. The number of rotatable bonds is 10. The highest BCUT2D eigenvalue weighted by Gasteiger charge is 2.48. The highest BCUT2D eigenvalue weighted by molar-refractivity contribution is 6.23. The van der Waals surface area contributed by atoms with Gasteiger partial charge in [0.25, 0.3) is 17.7 Å². The smallest absolute Gasteiger partial charge is 0.262 e. The molecule has 5 saturated heterocycles. The Balaban J connectivity index is 0.697. The standard InChI is InChI=1S/C45H46FN9O7/c1-62-38-5-3-2-4-27(38)16-40(57)53-23-33-35(24-53)49-50-41(33)48-42(58)26-6-8-28(9-7-26)51-14-12-25(13-15-51)20-54-29-17-30(54)22-52(21-29)37-19-32-31(18-34(37)46)44(60)55(45(32)61)36-10-11-39(56)47-43(36)59/h2-9,18-19,25,29-30,36H,10-17,20-24H2,1H3,(H,47,56,59)(H2,48,49,50,58). The van der Waals surface area contributed by atoms with Gasteiger partial charge >= 0.3 is 0 Å². The van der Waals surface area contributed by atoms with E-state index in [4.69, 9.17) is 4.74 Å². The lowest BCUT2D eigenvalue weighted by molar-refractivity contribution is -0.136. The van der Waals surface area contributed by atoms with Crippen molar-refractivity contribution < 1.29 is 37.9 Å². The van der Waals surface area contributed by atoms with E-state index in [1.165, 1.54) is 6.07 Å². The number of amides is 6. The van der Waals surface area contributed by atoms with Crippen molar-refractivity contribution in [2.75, 3.05) is 55.0 Å². The number of aromatic nitrogens is 2. The van der Waals surface area contributed by atoms with Crippen LogP contribution in [0.5, 0.6) is 5.75 Å². The number of ether oxygens (including phenoxy) is 1. The van der Waals surface area contributed by atoms with Gasteiger partial charge in [0.05, 0.1) is 49.1 Å². The van der Waals surface area contributed by atoms with Crippen LogP contribution in [0.1, 0.15) is 80.0 Å². The first-order chi connectivity index (χ1) is 30.0. The summed E-state index contributed by atoms with van der Waals surface area (Å²) in [4.78, 5) is 86.6. The Hall–Kier alpha value is -6.62. The minimum Gasteiger partial charge on any atom is -0.496 e. The number of anilines is 3. The molecule has 0 spiro atoms. The second-order valence-electron chi connectivity index (χ2n) is 17.1. The summed E-state index contributed by atoms with van der Waals surface area (Å²) in [6, 6.07) is 17.0. The molecule has 11 rings (SSSR count). The minimum atomic E-state index is -1.10. The fraction of sp³-hybridized carbons (Fsp3) is 0.400. The maximum absolute atomic E-state index is 15.6. The summed E-state index contributed by atoms with van der Waals surface area (Å²) < 4.78 is 21.0. The molecule has 320 valence electrons. The second-order valence-corrected chi connectivity index (χ2v) is 17.1. The molecule has 5 fully saturated rings. The normalized spacial score (nSPS) is 22.4. The number of fused-ring (bicyclic) bond motifs is 4. The lowest BCUT2D eigenvalue weighted by atomic mass is 9.84. The van der Waals surface area contributed by atoms with E-state index in [9.17, 15) is 28.8 Å². The van der Waals surface area contributed by atoms with Gasteiger partial charge in [0.15, 0.2) is 5.82 Å². The van der Waals surface area contributed by atoms with Crippen molar-refractivity contribution in [3.63, 3.8) is 0 Å². The summed E-state index contributed by atoms with van der Waals surface area (Å²) in [5, 5.41) is 12.4. The number of benzene rings is 3. The summed E-state index contributed by atoms with van der Waals surface area (Å²) >= 11 is 0. The Morgan fingerprint density at radius 3 is 2.35 bits per heavy atom. The van der Waals surface area contributed by atoms with Gasteiger partial charge in [-0.15, -0.1) is 0 Å². The molecule has 1 aromatic heterocycles. The van der Waals surface area contributed by atoms with Gasteiger partial charge in [-0.2, -0.15) is 5.10 Å². The molecule has 2 bridgehead atoms. The number of carbonyl (C=O) groups excluding carboxylic acids is 6. The monoisotopic (exact) mass is 843 g/mol. The molecule has 8 heterocycles. The van der Waals surface area contributed by atoms with Gasteiger partial charge in [-0.05, 0) is 74.1 Å². The van der Waals surface area contributed by atoms with Crippen LogP contribution in [0, 0.1) is 11.7 Å². The lowest BCUT2D eigenvalue weighted by Crippen LogP contribution is -2.69. The Morgan fingerprint density at radius 2 is 1.63 bits per heavy atom. The number of carbonyl (C=O) groups is 6. The van der Waals surface area contributed by atoms with E-state index in [-0.39, 0.29) is 60.0 Å². The van der Waals surface area contributed by atoms with Crippen molar-refractivity contribution in [2.45, 2.75) is 69.7 Å². The highest BCUT2D eigenvalue weighted by Crippen LogP contribution is 2.40. The van der Waals surface area contributed by atoms with Gasteiger partial charge in [-0.25, -0.2) is 4.39 Å².